The molecule has 3 rings (SSSR count). The number of carbonyl (C=O) groups is 1. The SMILES string of the molecule is COc1cc(-c2c3c(OCC(F)F)cc(Br)cc3nn2C)cc(OC(F)F)c1C(N)=O. The van der Waals surface area contributed by atoms with Gasteiger partial charge in [0.2, 0.25) is 0 Å². The summed E-state index contributed by atoms with van der Waals surface area (Å²) in [7, 11) is 2.80. The van der Waals surface area contributed by atoms with E-state index in [1.807, 2.05) is 0 Å². The van der Waals surface area contributed by atoms with Gasteiger partial charge >= 0.3 is 6.61 Å². The fourth-order valence-corrected chi connectivity index (χ4v) is 3.60. The predicted molar refractivity (Wildman–Crippen MR) is 107 cm³/mol. The smallest absolute Gasteiger partial charge is 0.387 e. The second-order valence-corrected chi connectivity index (χ2v) is 7.18. The Hall–Kier alpha value is -3.02. The Bertz CT molecular complexity index is 1140. The summed E-state index contributed by atoms with van der Waals surface area (Å²) in [4.78, 5) is 11.8. The van der Waals surface area contributed by atoms with E-state index in [9.17, 15) is 22.4 Å². The Kier molecular flexibility index (Phi) is 6.58. The number of aromatic nitrogens is 2. The van der Waals surface area contributed by atoms with Gasteiger partial charge in [-0.15, -0.1) is 0 Å². The van der Waals surface area contributed by atoms with E-state index >= 15 is 0 Å². The number of methoxy groups -OCH3 is 1. The van der Waals surface area contributed by atoms with Crippen molar-refractivity contribution in [1.82, 2.24) is 9.78 Å². The van der Waals surface area contributed by atoms with E-state index in [0.717, 1.165) is 0 Å². The summed E-state index contributed by atoms with van der Waals surface area (Å²) in [5.41, 5.74) is 5.92. The Morgan fingerprint density at radius 3 is 2.42 bits per heavy atom. The summed E-state index contributed by atoms with van der Waals surface area (Å²) >= 11 is 3.28. The molecule has 3 aromatic rings. The van der Waals surface area contributed by atoms with E-state index in [4.69, 9.17) is 15.2 Å². The maximum Gasteiger partial charge on any atom is 0.387 e. The first-order chi connectivity index (χ1) is 14.6. The normalized spacial score (nSPS) is 11.4. The number of hydrogen-bond donors (Lipinski definition) is 1. The number of primary amides is 1. The van der Waals surface area contributed by atoms with Gasteiger partial charge in [0.05, 0.1) is 23.7 Å². The summed E-state index contributed by atoms with van der Waals surface area (Å²) in [5.74, 6) is -1.54. The molecule has 1 aromatic heterocycles. The molecule has 7 nitrogen and oxygen atoms in total. The molecule has 0 aliphatic carbocycles. The average Bonchev–Trinajstić information content (AvgIpc) is 3.00. The number of amides is 1. The van der Waals surface area contributed by atoms with Crippen LogP contribution in [0.2, 0.25) is 0 Å². The molecule has 1 heterocycles. The number of halogens is 5. The highest BCUT2D eigenvalue weighted by Gasteiger charge is 2.24. The lowest BCUT2D eigenvalue weighted by Gasteiger charge is -2.15. The van der Waals surface area contributed by atoms with Crippen molar-refractivity contribution >= 4 is 32.7 Å². The van der Waals surface area contributed by atoms with Crippen molar-refractivity contribution in [3.05, 3.63) is 34.3 Å². The molecule has 0 spiro atoms. The highest BCUT2D eigenvalue weighted by Crippen LogP contribution is 2.41. The van der Waals surface area contributed by atoms with E-state index < -0.39 is 31.3 Å². The first-order valence-electron chi connectivity index (χ1n) is 8.66. The number of ether oxygens (including phenoxy) is 3. The van der Waals surface area contributed by atoms with Crippen LogP contribution in [0.5, 0.6) is 17.2 Å². The topological polar surface area (TPSA) is 88.6 Å². The van der Waals surface area contributed by atoms with Crippen LogP contribution in [0, 0.1) is 0 Å². The van der Waals surface area contributed by atoms with Gasteiger partial charge in [0.25, 0.3) is 12.3 Å². The molecule has 1 amide bonds. The monoisotopic (exact) mass is 505 g/mol. The standard InChI is InChI=1S/C19H16BrF4N3O4/c1-27-17(15-10(26-27)5-9(20)6-12(15)30-7-14(21)22)8-3-11(29-2)16(18(25)28)13(4-8)31-19(23)24/h3-6,14,19H,7H2,1-2H3,(H2,25,28). The molecule has 2 N–H and O–H groups in total. The second kappa shape index (κ2) is 9.00. The van der Waals surface area contributed by atoms with Gasteiger partial charge in [0.1, 0.15) is 29.4 Å². The zero-order valence-corrected chi connectivity index (χ0v) is 17.8. The second-order valence-electron chi connectivity index (χ2n) is 6.27. The minimum Gasteiger partial charge on any atom is -0.496 e. The van der Waals surface area contributed by atoms with Crippen LogP contribution in [0.25, 0.3) is 22.2 Å². The molecule has 0 aliphatic heterocycles. The number of benzene rings is 2. The first-order valence-corrected chi connectivity index (χ1v) is 9.45. The summed E-state index contributed by atoms with van der Waals surface area (Å²) in [6.07, 6.45) is -2.71. The molecule has 12 heteroatoms. The van der Waals surface area contributed by atoms with Crippen LogP contribution in [-0.4, -0.2) is 42.4 Å². The molecule has 0 saturated carbocycles. The number of rotatable bonds is 8. The maximum atomic E-state index is 13.0. The van der Waals surface area contributed by atoms with Gasteiger partial charge in [-0.25, -0.2) is 8.78 Å². The van der Waals surface area contributed by atoms with Crippen molar-refractivity contribution in [2.24, 2.45) is 12.8 Å². The van der Waals surface area contributed by atoms with Crippen LogP contribution in [0.1, 0.15) is 10.4 Å². The average molecular weight is 506 g/mol. The van der Waals surface area contributed by atoms with E-state index in [1.54, 1.807) is 13.1 Å². The molecule has 0 aliphatic rings. The molecular formula is C19H16BrF4N3O4. The Morgan fingerprint density at radius 1 is 1.16 bits per heavy atom. The zero-order chi connectivity index (χ0) is 22.9. The van der Waals surface area contributed by atoms with Crippen molar-refractivity contribution in [3.63, 3.8) is 0 Å². The molecule has 166 valence electrons. The van der Waals surface area contributed by atoms with E-state index in [2.05, 4.69) is 25.8 Å². The number of fused-ring (bicyclic) bond motifs is 1. The predicted octanol–water partition coefficient (Wildman–Crippen LogP) is 4.36. The number of hydrogen-bond acceptors (Lipinski definition) is 5. The minimum atomic E-state index is -3.23. The summed E-state index contributed by atoms with van der Waals surface area (Å²) < 4.78 is 68.3. The van der Waals surface area contributed by atoms with Crippen molar-refractivity contribution in [2.45, 2.75) is 13.0 Å². The van der Waals surface area contributed by atoms with Gasteiger partial charge < -0.3 is 19.9 Å². The van der Waals surface area contributed by atoms with Crippen LogP contribution in [-0.2, 0) is 7.05 Å². The van der Waals surface area contributed by atoms with Crippen LogP contribution in [0.4, 0.5) is 17.6 Å². The minimum absolute atomic E-state index is 0.0991. The van der Waals surface area contributed by atoms with Crippen molar-refractivity contribution in [3.8, 4) is 28.5 Å². The van der Waals surface area contributed by atoms with E-state index in [1.165, 1.54) is 30.0 Å². The van der Waals surface area contributed by atoms with Crippen molar-refractivity contribution < 1.29 is 36.6 Å². The highest BCUT2D eigenvalue weighted by molar-refractivity contribution is 9.10. The van der Waals surface area contributed by atoms with Crippen LogP contribution in [0.3, 0.4) is 0 Å². The zero-order valence-electron chi connectivity index (χ0n) is 16.2. The molecular weight excluding hydrogens is 490 g/mol. The number of aryl methyl sites for hydroxylation is 1. The van der Waals surface area contributed by atoms with Crippen molar-refractivity contribution in [1.29, 1.82) is 0 Å². The summed E-state index contributed by atoms with van der Waals surface area (Å²) in [6.45, 7) is -4.09. The third-order valence-corrected chi connectivity index (χ3v) is 4.71. The summed E-state index contributed by atoms with van der Waals surface area (Å²) in [6, 6.07) is 5.68. The van der Waals surface area contributed by atoms with E-state index in [0.29, 0.717) is 21.1 Å². The number of nitrogens with zero attached hydrogens (tertiary/aromatic N) is 2. The van der Waals surface area contributed by atoms with Gasteiger partial charge in [-0.3, -0.25) is 9.48 Å². The van der Waals surface area contributed by atoms with Crippen molar-refractivity contribution in [2.75, 3.05) is 13.7 Å². The third kappa shape index (κ3) is 4.68. The maximum absolute atomic E-state index is 13.0. The van der Waals surface area contributed by atoms with Crippen LogP contribution in [0.15, 0.2) is 28.7 Å². The lowest BCUT2D eigenvalue weighted by Crippen LogP contribution is -2.16. The van der Waals surface area contributed by atoms with Gasteiger partial charge in [-0.1, -0.05) is 15.9 Å². The lowest BCUT2D eigenvalue weighted by molar-refractivity contribution is -0.0502. The Labute approximate surface area is 181 Å². The molecule has 0 atom stereocenters. The number of carbonyl (C=O) groups excluding carboxylic acids is 1. The molecule has 0 saturated heterocycles. The molecule has 0 radical (unpaired) electrons. The fraction of sp³-hybridized carbons (Fsp3) is 0.263. The lowest BCUT2D eigenvalue weighted by atomic mass is 10.0. The molecule has 0 unspecified atom stereocenters. The molecule has 2 aromatic carbocycles. The number of nitrogens with two attached hydrogens (primary N) is 1. The Balaban J connectivity index is 2.30. The molecule has 0 fully saturated rings. The van der Waals surface area contributed by atoms with Gasteiger partial charge in [-0.05, 0) is 24.3 Å². The van der Waals surface area contributed by atoms with Crippen LogP contribution < -0.4 is 19.9 Å². The first kappa shape index (κ1) is 22.7. The third-order valence-electron chi connectivity index (χ3n) is 4.25. The largest absolute Gasteiger partial charge is 0.496 e. The van der Waals surface area contributed by atoms with Gasteiger partial charge in [-0.2, -0.15) is 13.9 Å². The molecule has 0 bridgehead atoms. The summed E-state index contributed by atoms with van der Waals surface area (Å²) in [5, 5.41) is 4.69. The van der Waals surface area contributed by atoms with E-state index in [-0.39, 0.29) is 22.6 Å². The van der Waals surface area contributed by atoms with Gasteiger partial charge in [0, 0.05) is 17.1 Å². The van der Waals surface area contributed by atoms with Gasteiger partial charge in [0.15, 0.2) is 0 Å². The quantitative estimate of drug-likeness (QED) is 0.459. The molecule has 31 heavy (non-hydrogen) atoms. The Morgan fingerprint density at radius 2 is 1.84 bits per heavy atom. The fourth-order valence-electron chi connectivity index (χ4n) is 3.18. The number of alkyl halides is 4. The highest BCUT2D eigenvalue weighted by atomic mass is 79.9. The van der Waals surface area contributed by atoms with Crippen LogP contribution >= 0.6 is 15.9 Å².